The van der Waals surface area contributed by atoms with Gasteiger partial charge in [-0.1, -0.05) is 18.9 Å². The molecule has 1 aromatic rings. The highest BCUT2D eigenvalue weighted by Crippen LogP contribution is 2.11. The molecule has 0 unspecified atom stereocenters. The van der Waals surface area contributed by atoms with Crippen LogP contribution in [0, 0.1) is 5.92 Å². The van der Waals surface area contributed by atoms with E-state index >= 15 is 0 Å². The lowest BCUT2D eigenvalue weighted by Crippen LogP contribution is -2.20. The van der Waals surface area contributed by atoms with Gasteiger partial charge in [0.15, 0.2) is 0 Å². The van der Waals surface area contributed by atoms with Crippen LogP contribution in [0.25, 0.3) is 0 Å². The van der Waals surface area contributed by atoms with E-state index in [1.165, 1.54) is 0 Å². The molecule has 14 heavy (non-hydrogen) atoms. The molecule has 2 N–H and O–H groups in total. The molecule has 1 heterocycles. The molecule has 80 valence electrons. The number of rotatable bonds is 5. The van der Waals surface area contributed by atoms with E-state index in [1.807, 2.05) is 11.9 Å². The van der Waals surface area contributed by atoms with E-state index in [4.69, 9.17) is 10.2 Å². The van der Waals surface area contributed by atoms with E-state index in [1.54, 1.807) is 0 Å². The highest BCUT2D eigenvalue weighted by Gasteiger charge is 2.09. The first kappa shape index (κ1) is 11.0. The van der Waals surface area contributed by atoms with Gasteiger partial charge in [0.2, 0.25) is 5.89 Å². The second kappa shape index (κ2) is 4.95. The van der Waals surface area contributed by atoms with E-state index in [-0.39, 0.29) is 0 Å². The average Bonchev–Trinajstić information content (AvgIpc) is 2.62. The van der Waals surface area contributed by atoms with Crippen molar-refractivity contribution in [3.05, 3.63) is 5.89 Å². The van der Waals surface area contributed by atoms with Gasteiger partial charge in [-0.3, -0.25) is 0 Å². The summed E-state index contributed by atoms with van der Waals surface area (Å²) in [6, 6.07) is 0.547. The summed E-state index contributed by atoms with van der Waals surface area (Å²) < 4.78 is 5.31. The maximum absolute atomic E-state index is 5.37. The Bertz CT molecular complexity index is 272. The zero-order chi connectivity index (χ0) is 10.6. The van der Waals surface area contributed by atoms with E-state index in [0.717, 1.165) is 13.0 Å². The predicted molar refractivity (Wildman–Crippen MR) is 54.9 cm³/mol. The molecule has 0 aliphatic rings. The molecule has 0 fully saturated rings. The Morgan fingerprint density at radius 1 is 1.43 bits per heavy atom. The minimum atomic E-state index is 0.297. The standard InChI is InChI=1S/C9H18N4O/c1-7(2)4-5-13(3)9-12-11-8(6-10)14-9/h7H,4-6,10H2,1-3H3. The number of hydrogen-bond donors (Lipinski definition) is 1. The molecule has 5 nitrogen and oxygen atoms in total. The highest BCUT2D eigenvalue weighted by molar-refractivity contribution is 5.21. The molecule has 0 aliphatic heterocycles. The number of nitrogens with two attached hydrogens (primary N) is 1. The van der Waals surface area contributed by atoms with Crippen LogP contribution in [0.1, 0.15) is 26.2 Å². The van der Waals surface area contributed by atoms with Gasteiger partial charge in [-0.2, -0.15) is 0 Å². The zero-order valence-electron chi connectivity index (χ0n) is 9.03. The van der Waals surface area contributed by atoms with Crippen LogP contribution in [0.15, 0.2) is 4.42 Å². The summed E-state index contributed by atoms with van der Waals surface area (Å²) in [5.74, 6) is 1.16. The smallest absolute Gasteiger partial charge is 0.317 e. The molecule has 0 saturated heterocycles. The van der Waals surface area contributed by atoms with Crippen LogP contribution in [0.3, 0.4) is 0 Å². The van der Waals surface area contributed by atoms with Gasteiger partial charge in [0.1, 0.15) is 0 Å². The van der Waals surface area contributed by atoms with Gasteiger partial charge in [0, 0.05) is 13.6 Å². The van der Waals surface area contributed by atoms with Crippen molar-refractivity contribution in [3.8, 4) is 0 Å². The molecule has 5 heteroatoms. The summed E-state index contributed by atoms with van der Waals surface area (Å²) in [5.41, 5.74) is 5.37. The van der Waals surface area contributed by atoms with Crippen molar-refractivity contribution in [2.75, 3.05) is 18.5 Å². The maximum atomic E-state index is 5.37. The quantitative estimate of drug-likeness (QED) is 0.764. The SMILES string of the molecule is CC(C)CCN(C)c1nnc(CN)o1. The van der Waals surface area contributed by atoms with Gasteiger partial charge in [-0.05, 0) is 12.3 Å². The van der Waals surface area contributed by atoms with E-state index in [2.05, 4.69) is 24.0 Å². The normalized spacial score (nSPS) is 10.9. The Morgan fingerprint density at radius 2 is 2.14 bits per heavy atom. The number of hydrogen-bond acceptors (Lipinski definition) is 5. The Morgan fingerprint density at radius 3 is 2.64 bits per heavy atom. The lowest BCUT2D eigenvalue weighted by atomic mass is 10.1. The summed E-state index contributed by atoms with van der Waals surface area (Å²) in [6.07, 6.45) is 1.11. The van der Waals surface area contributed by atoms with Crippen LogP contribution in [0.4, 0.5) is 6.01 Å². The van der Waals surface area contributed by atoms with Crippen LogP contribution < -0.4 is 10.6 Å². The van der Waals surface area contributed by atoms with Crippen LogP contribution in [-0.2, 0) is 6.54 Å². The zero-order valence-corrected chi connectivity index (χ0v) is 9.03. The fourth-order valence-corrected chi connectivity index (χ4v) is 1.03. The molecule has 0 aliphatic carbocycles. The predicted octanol–water partition coefficient (Wildman–Crippen LogP) is 1.01. The largest absolute Gasteiger partial charge is 0.407 e. The molecular weight excluding hydrogens is 180 g/mol. The van der Waals surface area contributed by atoms with Crippen LogP contribution in [0.5, 0.6) is 0 Å². The molecule has 1 rings (SSSR count). The Labute approximate surface area is 84.3 Å². The molecule has 0 amide bonds. The summed E-state index contributed by atoms with van der Waals surface area (Å²) in [7, 11) is 1.94. The van der Waals surface area contributed by atoms with Crippen molar-refractivity contribution in [3.63, 3.8) is 0 Å². The average molecular weight is 198 g/mol. The number of anilines is 1. The first-order chi connectivity index (χ1) is 6.63. The molecule has 1 aromatic heterocycles. The van der Waals surface area contributed by atoms with Crippen molar-refractivity contribution >= 4 is 6.01 Å². The van der Waals surface area contributed by atoms with Crippen LogP contribution >= 0.6 is 0 Å². The van der Waals surface area contributed by atoms with Crippen LogP contribution in [-0.4, -0.2) is 23.8 Å². The highest BCUT2D eigenvalue weighted by atomic mass is 16.4. The van der Waals surface area contributed by atoms with Crippen molar-refractivity contribution < 1.29 is 4.42 Å². The van der Waals surface area contributed by atoms with E-state index < -0.39 is 0 Å². The fraction of sp³-hybridized carbons (Fsp3) is 0.778. The minimum Gasteiger partial charge on any atom is -0.407 e. The lowest BCUT2D eigenvalue weighted by Gasteiger charge is -2.14. The molecule has 0 aromatic carbocycles. The van der Waals surface area contributed by atoms with Crippen molar-refractivity contribution in [1.29, 1.82) is 0 Å². The van der Waals surface area contributed by atoms with Crippen LogP contribution in [0.2, 0.25) is 0 Å². The first-order valence-corrected chi connectivity index (χ1v) is 4.87. The lowest BCUT2D eigenvalue weighted by molar-refractivity contribution is 0.482. The third-order valence-electron chi connectivity index (χ3n) is 2.00. The summed E-state index contributed by atoms with van der Waals surface area (Å²) >= 11 is 0. The second-order valence-electron chi connectivity index (χ2n) is 3.79. The second-order valence-corrected chi connectivity index (χ2v) is 3.79. The fourth-order valence-electron chi connectivity index (χ4n) is 1.03. The molecule has 0 atom stereocenters. The summed E-state index contributed by atoms with van der Waals surface area (Å²) in [6.45, 7) is 5.59. The monoisotopic (exact) mass is 198 g/mol. The van der Waals surface area contributed by atoms with Gasteiger partial charge in [0.25, 0.3) is 0 Å². The van der Waals surface area contributed by atoms with E-state index in [0.29, 0.717) is 24.4 Å². The van der Waals surface area contributed by atoms with E-state index in [9.17, 15) is 0 Å². The number of aromatic nitrogens is 2. The molecule has 0 spiro atoms. The van der Waals surface area contributed by atoms with Gasteiger partial charge in [0.05, 0.1) is 6.54 Å². The van der Waals surface area contributed by atoms with Crippen molar-refractivity contribution in [1.82, 2.24) is 10.2 Å². The molecule has 0 radical (unpaired) electrons. The Hall–Kier alpha value is -1.10. The Balaban J connectivity index is 2.47. The maximum Gasteiger partial charge on any atom is 0.317 e. The van der Waals surface area contributed by atoms with Crippen molar-refractivity contribution in [2.24, 2.45) is 11.7 Å². The third kappa shape index (κ3) is 2.99. The minimum absolute atomic E-state index is 0.297. The van der Waals surface area contributed by atoms with Gasteiger partial charge in [-0.15, -0.1) is 5.10 Å². The van der Waals surface area contributed by atoms with Gasteiger partial charge in [-0.25, -0.2) is 0 Å². The number of nitrogens with zero attached hydrogens (tertiary/aromatic N) is 3. The Kier molecular flexibility index (Phi) is 3.88. The summed E-state index contributed by atoms with van der Waals surface area (Å²) in [5, 5.41) is 7.69. The van der Waals surface area contributed by atoms with Crippen molar-refractivity contribution in [2.45, 2.75) is 26.8 Å². The molecule has 0 bridgehead atoms. The van der Waals surface area contributed by atoms with Gasteiger partial charge >= 0.3 is 6.01 Å². The van der Waals surface area contributed by atoms with Gasteiger partial charge < -0.3 is 15.1 Å². The summed E-state index contributed by atoms with van der Waals surface area (Å²) in [4.78, 5) is 1.95. The molecular formula is C9H18N4O. The first-order valence-electron chi connectivity index (χ1n) is 4.87. The third-order valence-corrected chi connectivity index (χ3v) is 2.00. The topological polar surface area (TPSA) is 68.2 Å². The molecule has 0 saturated carbocycles.